The Morgan fingerprint density at radius 2 is 1.92 bits per heavy atom. The molecule has 0 amide bonds. The van der Waals surface area contributed by atoms with Crippen LogP contribution < -0.4 is 0 Å². The van der Waals surface area contributed by atoms with E-state index in [0.717, 1.165) is 33.6 Å². The molecule has 0 unspecified atom stereocenters. The number of aromatic nitrogens is 1. The van der Waals surface area contributed by atoms with E-state index in [1.165, 1.54) is 0 Å². The molecule has 4 heteroatoms. The molecule has 130 valence electrons. The van der Waals surface area contributed by atoms with Crippen molar-refractivity contribution in [3.05, 3.63) is 89.0 Å². The maximum absolute atomic E-state index is 11.4. The predicted molar refractivity (Wildman–Crippen MR) is 110 cm³/mol. The van der Waals surface area contributed by atoms with Gasteiger partial charge in [0.05, 0.1) is 0 Å². The van der Waals surface area contributed by atoms with Crippen LogP contribution in [0.15, 0.2) is 72.9 Å². The van der Waals surface area contributed by atoms with Gasteiger partial charge in [0.15, 0.2) is 0 Å². The van der Waals surface area contributed by atoms with E-state index in [2.05, 4.69) is 23.7 Å². The Hall–Kier alpha value is -2.98. The van der Waals surface area contributed by atoms with Gasteiger partial charge in [-0.2, -0.15) is 0 Å². The van der Waals surface area contributed by atoms with Gasteiger partial charge in [0.25, 0.3) is 0 Å². The lowest BCUT2D eigenvalue weighted by molar-refractivity contribution is 0.112. The summed E-state index contributed by atoms with van der Waals surface area (Å²) in [5.74, 6) is 0. The number of aldehydes is 1. The maximum Gasteiger partial charge on any atom is 0.150 e. The van der Waals surface area contributed by atoms with E-state index >= 15 is 0 Å². The van der Waals surface area contributed by atoms with Crippen molar-refractivity contribution >= 4 is 29.3 Å². The summed E-state index contributed by atoms with van der Waals surface area (Å²) in [4.78, 5) is 17.9. The summed E-state index contributed by atoms with van der Waals surface area (Å²) >= 11 is 1.60. The highest BCUT2D eigenvalue weighted by Gasteiger charge is 2.08. The van der Waals surface area contributed by atoms with Crippen LogP contribution in [-0.2, 0) is 0 Å². The van der Waals surface area contributed by atoms with Gasteiger partial charge in [-0.3, -0.25) is 4.79 Å². The van der Waals surface area contributed by atoms with Gasteiger partial charge in [-0.05, 0) is 47.2 Å². The SMILES string of the molecule is C=CN(C)C/C(=C/c1cc(C=O)cc(-c2ccccc2)c1)c1nccs1. The second-order valence-electron chi connectivity index (χ2n) is 5.98. The molecule has 1 aromatic heterocycles. The summed E-state index contributed by atoms with van der Waals surface area (Å²) in [6, 6.07) is 16.0. The molecule has 0 fully saturated rings. The average Bonchev–Trinajstić information content (AvgIpc) is 3.22. The number of likely N-dealkylation sites (N-methyl/N-ethyl adjacent to an activating group) is 1. The standard InChI is InChI=1S/C22H20N2OS/c1-3-24(2)15-21(22-23-9-10-26-22)13-17-11-18(16-25)14-20(12-17)19-7-5-4-6-8-19/h3-14,16H,1,15H2,2H3/b21-13-. The van der Waals surface area contributed by atoms with E-state index in [-0.39, 0.29) is 0 Å². The molecule has 0 bridgehead atoms. The highest BCUT2D eigenvalue weighted by molar-refractivity contribution is 7.10. The number of carbonyl (C=O) groups excluding carboxylic acids is 1. The van der Waals surface area contributed by atoms with E-state index in [0.29, 0.717) is 12.1 Å². The summed E-state index contributed by atoms with van der Waals surface area (Å²) in [5, 5.41) is 2.94. The molecule has 0 aliphatic rings. The number of hydrogen-bond acceptors (Lipinski definition) is 4. The zero-order valence-electron chi connectivity index (χ0n) is 14.6. The minimum atomic E-state index is 0.660. The van der Waals surface area contributed by atoms with Crippen LogP contribution >= 0.6 is 11.3 Å². The van der Waals surface area contributed by atoms with Gasteiger partial charge in [0, 0.05) is 36.3 Å². The van der Waals surface area contributed by atoms with Gasteiger partial charge in [-0.15, -0.1) is 11.3 Å². The third kappa shape index (κ3) is 4.35. The van der Waals surface area contributed by atoms with Crippen LogP contribution in [0, 0.1) is 0 Å². The van der Waals surface area contributed by atoms with Crippen LogP contribution in [-0.4, -0.2) is 29.8 Å². The summed E-state index contributed by atoms with van der Waals surface area (Å²) in [7, 11) is 1.98. The maximum atomic E-state index is 11.4. The molecule has 1 heterocycles. The Labute approximate surface area is 158 Å². The number of benzene rings is 2. The molecule has 2 aromatic carbocycles. The lowest BCUT2D eigenvalue weighted by Crippen LogP contribution is -2.13. The van der Waals surface area contributed by atoms with Crippen molar-refractivity contribution in [3.8, 4) is 11.1 Å². The number of carbonyl (C=O) groups is 1. The topological polar surface area (TPSA) is 33.2 Å². The van der Waals surface area contributed by atoms with Gasteiger partial charge in [-0.25, -0.2) is 4.98 Å². The highest BCUT2D eigenvalue weighted by atomic mass is 32.1. The van der Waals surface area contributed by atoms with E-state index in [1.807, 2.05) is 59.8 Å². The van der Waals surface area contributed by atoms with Crippen LogP contribution in [0.4, 0.5) is 0 Å². The minimum absolute atomic E-state index is 0.660. The van der Waals surface area contributed by atoms with Crippen molar-refractivity contribution in [1.82, 2.24) is 9.88 Å². The van der Waals surface area contributed by atoms with E-state index in [1.54, 1.807) is 23.7 Å². The van der Waals surface area contributed by atoms with Crippen molar-refractivity contribution in [2.75, 3.05) is 13.6 Å². The first-order chi connectivity index (χ1) is 12.7. The first kappa shape index (κ1) is 17.8. The molecule has 0 aliphatic carbocycles. The van der Waals surface area contributed by atoms with Gasteiger partial charge >= 0.3 is 0 Å². The Bertz CT molecular complexity index is 915. The minimum Gasteiger partial charge on any atom is -0.377 e. The van der Waals surface area contributed by atoms with Crippen LogP contribution in [0.3, 0.4) is 0 Å². The molecular weight excluding hydrogens is 340 g/mol. The molecule has 0 spiro atoms. The van der Waals surface area contributed by atoms with Crippen molar-refractivity contribution in [2.45, 2.75) is 0 Å². The van der Waals surface area contributed by atoms with Crippen LogP contribution in [0.2, 0.25) is 0 Å². The zero-order chi connectivity index (χ0) is 18.4. The molecule has 26 heavy (non-hydrogen) atoms. The predicted octanol–water partition coefficient (Wildman–Crippen LogP) is 5.24. The summed E-state index contributed by atoms with van der Waals surface area (Å²) in [5.41, 5.74) is 4.84. The Kier molecular flexibility index (Phi) is 5.77. The highest BCUT2D eigenvalue weighted by Crippen LogP contribution is 2.26. The fourth-order valence-corrected chi connectivity index (χ4v) is 3.36. The molecule has 0 radical (unpaired) electrons. The van der Waals surface area contributed by atoms with Crippen molar-refractivity contribution in [3.63, 3.8) is 0 Å². The first-order valence-electron chi connectivity index (χ1n) is 8.28. The molecule has 0 saturated heterocycles. The number of nitrogens with zero attached hydrogens (tertiary/aromatic N) is 2. The van der Waals surface area contributed by atoms with Gasteiger partial charge in [0.1, 0.15) is 11.3 Å². The fourth-order valence-electron chi connectivity index (χ4n) is 2.72. The molecular formula is C22H20N2OS. The third-order valence-corrected chi connectivity index (χ3v) is 4.85. The molecule has 0 saturated carbocycles. The average molecular weight is 360 g/mol. The van der Waals surface area contributed by atoms with E-state index < -0.39 is 0 Å². The van der Waals surface area contributed by atoms with E-state index in [9.17, 15) is 4.79 Å². The fraction of sp³-hybridized carbons (Fsp3) is 0.0909. The summed E-state index contributed by atoms with van der Waals surface area (Å²) in [6.07, 6.45) is 6.58. The van der Waals surface area contributed by atoms with E-state index in [4.69, 9.17) is 0 Å². The molecule has 0 aliphatic heterocycles. The smallest absolute Gasteiger partial charge is 0.150 e. The lowest BCUT2D eigenvalue weighted by atomic mass is 9.99. The second-order valence-corrected chi connectivity index (χ2v) is 6.87. The quantitative estimate of drug-likeness (QED) is 0.540. The molecule has 3 nitrogen and oxygen atoms in total. The van der Waals surface area contributed by atoms with Crippen LogP contribution in [0.5, 0.6) is 0 Å². The first-order valence-corrected chi connectivity index (χ1v) is 9.16. The Balaban J connectivity index is 2.06. The van der Waals surface area contributed by atoms with Gasteiger partial charge < -0.3 is 4.90 Å². The van der Waals surface area contributed by atoms with Gasteiger partial charge in [0.2, 0.25) is 0 Å². The third-order valence-electron chi connectivity index (χ3n) is 4.00. The zero-order valence-corrected chi connectivity index (χ0v) is 15.4. The van der Waals surface area contributed by atoms with Crippen molar-refractivity contribution < 1.29 is 4.79 Å². The molecule has 0 N–H and O–H groups in total. The lowest BCUT2D eigenvalue weighted by Gasteiger charge is -2.15. The second kappa shape index (κ2) is 8.41. The molecule has 3 aromatic rings. The van der Waals surface area contributed by atoms with Crippen molar-refractivity contribution in [1.29, 1.82) is 0 Å². The number of thiazole rings is 1. The molecule has 0 atom stereocenters. The van der Waals surface area contributed by atoms with Crippen LogP contribution in [0.1, 0.15) is 20.9 Å². The largest absolute Gasteiger partial charge is 0.377 e. The monoisotopic (exact) mass is 360 g/mol. The normalized spacial score (nSPS) is 11.2. The Morgan fingerprint density at radius 3 is 2.58 bits per heavy atom. The number of hydrogen-bond donors (Lipinski definition) is 0. The molecule has 3 rings (SSSR count). The summed E-state index contributed by atoms with van der Waals surface area (Å²) < 4.78 is 0. The van der Waals surface area contributed by atoms with Crippen LogP contribution in [0.25, 0.3) is 22.8 Å². The van der Waals surface area contributed by atoms with Gasteiger partial charge in [-0.1, -0.05) is 36.9 Å². The Morgan fingerprint density at radius 1 is 1.15 bits per heavy atom. The van der Waals surface area contributed by atoms with Crippen molar-refractivity contribution in [2.24, 2.45) is 0 Å². The summed E-state index contributed by atoms with van der Waals surface area (Å²) in [6.45, 7) is 4.52. The number of rotatable bonds is 7.